The molecule has 1 unspecified atom stereocenters. The number of hydrogen-bond donors (Lipinski definition) is 1. The molecule has 2 aromatic carbocycles. The molecule has 0 radical (unpaired) electrons. The van der Waals surface area contributed by atoms with Crippen LogP contribution in [-0.4, -0.2) is 42.0 Å². The number of nitrogens with two attached hydrogens (primary N) is 1. The molecule has 27 heavy (non-hydrogen) atoms. The zero-order valence-corrected chi connectivity index (χ0v) is 15.5. The third kappa shape index (κ3) is 3.80. The van der Waals surface area contributed by atoms with E-state index in [-0.39, 0.29) is 11.9 Å². The number of carbonyl (C=O) groups excluding carboxylic acids is 1. The molecule has 0 spiro atoms. The Morgan fingerprint density at radius 2 is 1.89 bits per heavy atom. The van der Waals surface area contributed by atoms with Crippen LogP contribution in [0.4, 0.5) is 6.01 Å². The summed E-state index contributed by atoms with van der Waals surface area (Å²) in [5.74, 6) is 0.0965. The summed E-state index contributed by atoms with van der Waals surface area (Å²) < 4.78 is 5.87. The van der Waals surface area contributed by atoms with E-state index in [4.69, 9.17) is 10.2 Å². The number of nitrogens with zero attached hydrogens (tertiary/aromatic N) is 3. The van der Waals surface area contributed by atoms with Gasteiger partial charge in [-0.3, -0.25) is 4.79 Å². The highest BCUT2D eigenvalue weighted by Gasteiger charge is 2.25. The van der Waals surface area contributed by atoms with Crippen molar-refractivity contribution in [3.63, 3.8) is 0 Å². The molecule has 1 amide bonds. The van der Waals surface area contributed by atoms with Crippen LogP contribution in [0.2, 0.25) is 0 Å². The van der Waals surface area contributed by atoms with E-state index >= 15 is 0 Å². The third-order valence-electron chi connectivity index (χ3n) is 5.06. The number of carbonyl (C=O) groups is 1. The molecule has 2 N–H and O–H groups in total. The Kier molecular flexibility index (Phi) is 4.81. The summed E-state index contributed by atoms with van der Waals surface area (Å²) in [5.41, 5.74) is 10.0. The van der Waals surface area contributed by atoms with Crippen molar-refractivity contribution >= 4 is 23.0 Å². The van der Waals surface area contributed by atoms with Gasteiger partial charge in [0.15, 0.2) is 5.58 Å². The summed E-state index contributed by atoms with van der Waals surface area (Å²) >= 11 is 0. The van der Waals surface area contributed by atoms with Crippen LogP contribution in [0.3, 0.4) is 0 Å². The highest BCUT2D eigenvalue weighted by atomic mass is 16.4. The number of fused-ring (bicyclic) bond motifs is 1. The van der Waals surface area contributed by atoms with Crippen LogP contribution in [0.15, 0.2) is 52.9 Å². The van der Waals surface area contributed by atoms with Gasteiger partial charge in [0.2, 0.25) is 5.91 Å². The molecule has 140 valence electrons. The van der Waals surface area contributed by atoms with Gasteiger partial charge in [-0.15, -0.1) is 0 Å². The Balaban J connectivity index is 1.36. The average molecular weight is 364 g/mol. The van der Waals surface area contributed by atoms with E-state index in [0.29, 0.717) is 38.6 Å². The third-order valence-corrected chi connectivity index (χ3v) is 5.06. The maximum Gasteiger partial charge on any atom is 0.298 e. The minimum atomic E-state index is -0.267. The fourth-order valence-electron chi connectivity index (χ4n) is 3.44. The zero-order chi connectivity index (χ0) is 18.8. The van der Waals surface area contributed by atoms with Crippen LogP contribution < -0.4 is 10.6 Å². The minimum absolute atomic E-state index is 0.0965. The number of anilines is 1. The molecular formula is C21H24N4O2. The molecule has 6 heteroatoms. The summed E-state index contributed by atoms with van der Waals surface area (Å²) in [4.78, 5) is 21.2. The average Bonchev–Trinajstić information content (AvgIpc) is 3.12. The quantitative estimate of drug-likeness (QED) is 0.770. The number of aromatic nitrogens is 1. The van der Waals surface area contributed by atoms with Gasteiger partial charge >= 0.3 is 0 Å². The van der Waals surface area contributed by atoms with E-state index in [0.717, 1.165) is 22.2 Å². The molecule has 1 fully saturated rings. The van der Waals surface area contributed by atoms with Crippen LogP contribution in [0.1, 0.15) is 23.6 Å². The van der Waals surface area contributed by atoms with Crippen LogP contribution >= 0.6 is 0 Å². The molecule has 6 nitrogen and oxygen atoms in total. The second kappa shape index (κ2) is 7.40. The molecule has 1 aliphatic rings. The predicted molar refractivity (Wildman–Crippen MR) is 106 cm³/mol. The standard InChI is InChI=1S/C21H24N4O2/c1-15-7-8-19-18(13-15)23-21(27-19)25-11-9-24(10-12-25)20(26)14-17(22)16-5-3-2-4-6-16/h2-8,13,17H,9-12,14,22H2,1H3. The number of amides is 1. The molecule has 2 heterocycles. The Morgan fingerprint density at radius 1 is 1.15 bits per heavy atom. The van der Waals surface area contributed by atoms with Crippen molar-refractivity contribution in [3.8, 4) is 0 Å². The van der Waals surface area contributed by atoms with Crippen molar-refractivity contribution in [3.05, 3.63) is 59.7 Å². The van der Waals surface area contributed by atoms with Gasteiger partial charge in [-0.2, -0.15) is 4.98 Å². The van der Waals surface area contributed by atoms with Gasteiger partial charge in [-0.25, -0.2) is 0 Å². The lowest BCUT2D eigenvalue weighted by molar-refractivity contribution is -0.131. The first-order chi connectivity index (χ1) is 13.1. The molecular weight excluding hydrogens is 340 g/mol. The largest absolute Gasteiger partial charge is 0.423 e. The topological polar surface area (TPSA) is 75.6 Å². The van der Waals surface area contributed by atoms with E-state index in [1.165, 1.54) is 0 Å². The summed E-state index contributed by atoms with van der Waals surface area (Å²) in [6.45, 7) is 4.75. The van der Waals surface area contributed by atoms with Gasteiger partial charge in [0.1, 0.15) is 5.52 Å². The molecule has 1 aliphatic heterocycles. The fraction of sp³-hybridized carbons (Fsp3) is 0.333. The second-order valence-electron chi connectivity index (χ2n) is 7.06. The normalized spacial score (nSPS) is 15.9. The summed E-state index contributed by atoms with van der Waals surface area (Å²) in [5, 5.41) is 0. The number of rotatable bonds is 4. The number of aryl methyl sites for hydroxylation is 1. The molecule has 1 saturated heterocycles. The van der Waals surface area contributed by atoms with Crippen molar-refractivity contribution in [1.82, 2.24) is 9.88 Å². The first kappa shape index (κ1) is 17.5. The zero-order valence-electron chi connectivity index (χ0n) is 15.5. The molecule has 0 bridgehead atoms. The van der Waals surface area contributed by atoms with E-state index in [1.54, 1.807) is 0 Å². The van der Waals surface area contributed by atoms with E-state index in [1.807, 2.05) is 60.4 Å². The van der Waals surface area contributed by atoms with Crippen molar-refractivity contribution in [2.45, 2.75) is 19.4 Å². The molecule has 0 aliphatic carbocycles. The lowest BCUT2D eigenvalue weighted by Gasteiger charge is -2.34. The number of oxazole rings is 1. The molecule has 0 saturated carbocycles. The van der Waals surface area contributed by atoms with Crippen molar-refractivity contribution < 1.29 is 9.21 Å². The summed E-state index contributed by atoms with van der Waals surface area (Å²) in [6.07, 6.45) is 0.326. The Labute approximate surface area is 158 Å². The highest BCUT2D eigenvalue weighted by Crippen LogP contribution is 2.24. The van der Waals surface area contributed by atoms with Gasteiger partial charge < -0.3 is 20.0 Å². The minimum Gasteiger partial charge on any atom is -0.423 e. The van der Waals surface area contributed by atoms with Crippen LogP contribution in [0.5, 0.6) is 0 Å². The van der Waals surface area contributed by atoms with E-state index in [9.17, 15) is 4.79 Å². The Hall–Kier alpha value is -2.86. The Morgan fingerprint density at radius 3 is 2.63 bits per heavy atom. The molecule has 3 aromatic rings. The van der Waals surface area contributed by atoms with Crippen molar-refractivity contribution in [2.75, 3.05) is 31.1 Å². The first-order valence-corrected chi connectivity index (χ1v) is 9.30. The molecule has 4 rings (SSSR count). The van der Waals surface area contributed by atoms with Gasteiger partial charge in [0.25, 0.3) is 6.01 Å². The maximum atomic E-state index is 12.6. The van der Waals surface area contributed by atoms with Gasteiger partial charge in [0, 0.05) is 38.6 Å². The van der Waals surface area contributed by atoms with Crippen LogP contribution in [0, 0.1) is 6.92 Å². The number of benzene rings is 2. The van der Waals surface area contributed by atoms with E-state index in [2.05, 4.69) is 9.88 Å². The summed E-state index contributed by atoms with van der Waals surface area (Å²) in [7, 11) is 0. The monoisotopic (exact) mass is 364 g/mol. The smallest absolute Gasteiger partial charge is 0.298 e. The second-order valence-corrected chi connectivity index (χ2v) is 7.06. The molecule has 1 aromatic heterocycles. The Bertz CT molecular complexity index is 930. The van der Waals surface area contributed by atoms with Crippen molar-refractivity contribution in [2.24, 2.45) is 5.73 Å². The predicted octanol–water partition coefficient (Wildman–Crippen LogP) is 2.87. The van der Waals surface area contributed by atoms with Gasteiger partial charge in [-0.05, 0) is 30.2 Å². The highest BCUT2D eigenvalue weighted by molar-refractivity contribution is 5.78. The van der Waals surface area contributed by atoms with E-state index < -0.39 is 0 Å². The van der Waals surface area contributed by atoms with Crippen molar-refractivity contribution in [1.29, 1.82) is 0 Å². The maximum absolute atomic E-state index is 12.6. The summed E-state index contributed by atoms with van der Waals surface area (Å²) in [6, 6.07) is 16.1. The number of piperazine rings is 1. The molecule has 1 atom stereocenters. The van der Waals surface area contributed by atoms with Gasteiger partial charge in [0.05, 0.1) is 0 Å². The fourth-order valence-corrected chi connectivity index (χ4v) is 3.44. The SMILES string of the molecule is Cc1ccc2oc(N3CCN(C(=O)CC(N)c4ccccc4)CC3)nc2c1. The number of hydrogen-bond acceptors (Lipinski definition) is 5. The lowest BCUT2D eigenvalue weighted by atomic mass is 10.0. The van der Waals surface area contributed by atoms with Crippen LogP contribution in [-0.2, 0) is 4.79 Å². The first-order valence-electron chi connectivity index (χ1n) is 9.30. The lowest BCUT2D eigenvalue weighted by Crippen LogP contribution is -2.49. The van der Waals surface area contributed by atoms with Crippen LogP contribution in [0.25, 0.3) is 11.1 Å². The van der Waals surface area contributed by atoms with Gasteiger partial charge in [-0.1, -0.05) is 36.4 Å².